The molecule has 0 bridgehead atoms. The van der Waals surface area contributed by atoms with Crippen molar-refractivity contribution in [2.24, 2.45) is 0 Å². The molecule has 0 unspecified atom stereocenters. The Hall–Kier alpha value is -2.14. The molecule has 0 atom stereocenters. The molecule has 3 N–H and O–H groups in total. The zero-order valence-corrected chi connectivity index (χ0v) is 10.3. The summed E-state index contributed by atoms with van der Waals surface area (Å²) < 4.78 is 26.2. The standard InChI is InChI=1S/C13H9ClF2N2O/c14-10-4-2-8(17)6-12(10)18-13(19)9-3-1-7(15)5-11(9)16/h1-6H,17H2,(H,18,19). The molecule has 0 radical (unpaired) electrons. The average molecular weight is 283 g/mol. The summed E-state index contributed by atoms with van der Waals surface area (Å²) in [5.41, 5.74) is 5.94. The monoisotopic (exact) mass is 282 g/mol. The molecule has 0 aliphatic heterocycles. The first-order chi connectivity index (χ1) is 8.97. The summed E-state index contributed by atoms with van der Waals surface area (Å²) in [5.74, 6) is -2.43. The van der Waals surface area contributed by atoms with Gasteiger partial charge in [-0.3, -0.25) is 4.79 Å². The van der Waals surface area contributed by atoms with Crippen LogP contribution in [0, 0.1) is 11.6 Å². The summed E-state index contributed by atoms with van der Waals surface area (Å²) in [6.07, 6.45) is 0. The molecule has 0 fully saturated rings. The summed E-state index contributed by atoms with van der Waals surface area (Å²) >= 11 is 5.87. The fourth-order valence-electron chi connectivity index (χ4n) is 1.50. The number of benzene rings is 2. The van der Waals surface area contributed by atoms with Crippen LogP contribution in [0.3, 0.4) is 0 Å². The molecule has 98 valence electrons. The maximum absolute atomic E-state index is 13.4. The molecule has 2 aromatic rings. The third-order valence-electron chi connectivity index (χ3n) is 2.41. The topological polar surface area (TPSA) is 55.1 Å². The summed E-state index contributed by atoms with van der Waals surface area (Å²) in [7, 11) is 0. The van der Waals surface area contributed by atoms with Gasteiger partial charge in [-0.25, -0.2) is 8.78 Å². The van der Waals surface area contributed by atoms with Crippen molar-refractivity contribution < 1.29 is 13.6 Å². The second-order valence-electron chi connectivity index (χ2n) is 3.82. The number of hydrogen-bond donors (Lipinski definition) is 2. The molecule has 6 heteroatoms. The van der Waals surface area contributed by atoms with Gasteiger partial charge in [-0.15, -0.1) is 0 Å². The minimum atomic E-state index is -0.947. The van der Waals surface area contributed by atoms with Crippen LogP contribution < -0.4 is 11.1 Å². The van der Waals surface area contributed by atoms with Crippen LogP contribution in [0.5, 0.6) is 0 Å². The largest absolute Gasteiger partial charge is 0.399 e. The molecule has 0 aliphatic carbocycles. The lowest BCUT2D eigenvalue weighted by Crippen LogP contribution is -2.14. The zero-order valence-electron chi connectivity index (χ0n) is 9.58. The molecular weight excluding hydrogens is 274 g/mol. The predicted molar refractivity (Wildman–Crippen MR) is 70.2 cm³/mol. The van der Waals surface area contributed by atoms with E-state index in [1.54, 1.807) is 6.07 Å². The minimum Gasteiger partial charge on any atom is -0.399 e. The number of amides is 1. The lowest BCUT2D eigenvalue weighted by Gasteiger charge is -2.08. The van der Waals surface area contributed by atoms with Gasteiger partial charge >= 0.3 is 0 Å². The Morgan fingerprint density at radius 2 is 1.89 bits per heavy atom. The minimum absolute atomic E-state index is 0.260. The second-order valence-corrected chi connectivity index (χ2v) is 4.22. The van der Waals surface area contributed by atoms with Crippen LogP contribution in [0.25, 0.3) is 0 Å². The molecule has 0 saturated heterocycles. The molecule has 2 aromatic carbocycles. The molecule has 0 spiro atoms. The van der Waals surface area contributed by atoms with E-state index in [0.717, 1.165) is 12.1 Å². The van der Waals surface area contributed by atoms with Crippen molar-refractivity contribution >= 4 is 28.9 Å². The normalized spacial score (nSPS) is 10.3. The van der Waals surface area contributed by atoms with E-state index in [-0.39, 0.29) is 16.3 Å². The summed E-state index contributed by atoms with van der Waals surface area (Å²) in [6.45, 7) is 0. The molecular formula is C13H9ClF2N2O. The molecule has 19 heavy (non-hydrogen) atoms. The Morgan fingerprint density at radius 1 is 1.16 bits per heavy atom. The van der Waals surface area contributed by atoms with Crippen LogP contribution in [0.15, 0.2) is 36.4 Å². The van der Waals surface area contributed by atoms with E-state index < -0.39 is 17.5 Å². The molecule has 0 aromatic heterocycles. The Balaban J connectivity index is 2.28. The quantitative estimate of drug-likeness (QED) is 0.829. The number of rotatable bonds is 2. The number of anilines is 2. The Labute approximate surface area is 113 Å². The highest BCUT2D eigenvalue weighted by Gasteiger charge is 2.14. The van der Waals surface area contributed by atoms with E-state index in [2.05, 4.69) is 5.32 Å². The first-order valence-electron chi connectivity index (χ1n) is 5.29. The van der Waals surface area contributed by atoms with Gasteiger partial charge in [-0.1, -0.05) is 11.6 Å². The van der Waals surface area contributed by atoms with Crippen LogP contribution in [0.1, 0.15) is 10.4 Å². The van der Waals surface area contributed by atoms with E-state index in [1.807, 2.05) is 0 Å². The zero-order chi connectivity index (χ0) is 14.0. The molecule has 0 saturated carbocycles. The first-order valence-corrected chi connectivity index (χ1v) is 5.66. The first kappa shape index (κ1) is 13.3. The number of carbonyl (C=O) groups is 1. The van der Waals surface area contributed by atoms with E-state index in [0.29, 0.717) is 11.8 Å². The molecule has 0 aliphatic rings. The maximum atomic E-state index is 13.4. The number of carbonyl (C=O) groups excluding carboxylic acids is 1. The lowest BCUT2D eigenvalue weighted by molar-refractivity contribution is 0.102. The van der Waals surface area contributed by atoms with Crippen molar-refractivity contribution in [2.75, 3.05) is 11.1 Å². The van der Waals surface area contributed by atoms with Crippen molar-refractivity contribution in [3.8, 4) is 0 Å². The van der Waals surface area contributed by atoms with Crippen LogP contribution in [-0.4, -0.2) is 5.91 Å². The number of nitrogen functional groups attached to an aromatic ring is 1. The smallest absolute Gasteiger partial charge is 0.258 e. The SMILES string of the molecule is Nc1ccc(Cl)c(NC(=O)c2ccc(F)cc2F)c1. The van der Waals surface area contributed by atoms with Gasteiger partial charge in [-0.05, 0) is 30.3 Å². The third kappa shape index (κ3) is 3.00. The summed E-state index contributed by atoms with van der Waals surface area (Å²) in [4.78, 5) is 11.8. The maximum Gasteiger partial charge on any atom is 0.258 e. The van der Waals surface area contributed by atoms with E-state index in [4.69, 9.17) is 17.3 Å². The molecule has 1 amide bonds. The Kier molecular flexibility index (Phi) is 3.66. The predicted octanol–water partition coefficient (Wildman–Crippen LogP) is 3.45. The van der Waals surface area contributed by atoms with Crippen molar-refractivity contribution in [2.45, 2.75) is 0 Å². The highest BCUT2D eigenvalue weighted by molar-refractivity contribution is 6.34. The lowest BCUT2D eigenvalue weighted by atomic mass is 10.2. The van der Waals surface area contributed by atoms with Crippen molar-refractivity contribution in [3.63, 3.8) is 0 Å². The van der Waals surface area contributed by atoms with Gasteiger partial charge in [0.15, 0.2) is 0 Å². The fraction of sp³-hybridized carbons (Fsp3) is 0. The summed E-state index contributed by atoms with van der Waals surface area (Å²) in [5, 5.41) is 2.68. The van der Waals surface area contributed by atoms with Crippen LogP contribution >= 0.6 is 11.6 Å². The van der Waals surface area contributed by atoms with E-state index in [1.165, 1.54) is 12.1 Å². The number of halogens is 3. The fourth-order valence-corrected chi connectivity index (χ4v) is 1.67. The summed E-state index contributed by atoms with van der Waals surface area (Å²) in [6, 6.07) is 7.21. The Morgan fingerprint density at radius 3 is 2.58 bits per heavy atom. The van der Waals surface area contributed by atoms with Gasteiger partial charge in [-0.2, -0.15) is 0 Å². The number of nitrogens with one attached hydrogen (secondary N) is 1. The molecule has 2 rings (SSSR count). The van der Waals surface area contributed by atoms with Crippen LogP contribution in [-0.2, 0) is 0 Å². The second kappa shape index (κ2) is 5.24. The third-order valence-corrected chi connectivity index (χ3v) is 2.74. The molecule has 3 nitrogen and oxygen atoms in total. The average Bonchev–Trinajstić information content (AvgIpc) is 2.33. The highest BCUT2D eigenvalue weighted by atomic mass is 35.5. The Bertz CT molecular complexity index is 647. The van der Waals surface area contributed by atoms with Gasteiger partial charge < -0.3 is 11.1 Å². The van der Waals surface area contributed by atoms with Gasteiger partial charge in [0.25, 0.3) is 5.91 Å². The van der Waals surface area contributed by atoms with Crippen LogP contribution in [0.4, 0.5) is 20.2 Å². The van der Waals surface area contributed by atoms with Gasteiger partial charge in [0, 0.05) is 11.8 Å². The highest BCUT2D eigenvalue weighted by Crippen LogP contribution is 2.25. The van der Waals surface area contributed by atoms with Gasteiger partial charge in [0.1, 0.15) is 11.6 Å². The van der Waals surface area contributed by atoms with E-state index >= 15 is 0 Å². The van der Waals surface area contributed by atoms with Crippen molar-refractivity contribution in [1.82, 2.24) is 0 Å². The molecule has 0 heterocycles. The number of nitrogens with two attached hydrogens (primary N) is 1. The van der Waals surface area contributed by atoms with Gasteiger partial charge in [0.05, 0.1) is 16.3 Å². The van der Waals surface area contributed by atoms with Crippen molar-refractivity contribution in [1.29, 1.82) is 0 Å². The van der Waals surface area contributed by atoms with Crippen molar-refractivity contribution in [3.05, 3.63) is 58.6 Å². The van der Waals surface area contributed by atoms with Crippen LogP contribution in [0.2, 0.25) is 5.02 Å². The van der Waals surface area contributed by atoms with E-state index in [9.17, 15) is 13.6 Å². The van der Waals surface area contributed by atoms with Gasteiger partial charge in [0.2, 0.25) is 0 Å². The number of hydrogen-bond acceptors (Lipinski definition) is 2.